The van der Waals surface area contributed by atoms with Gasteiger partial charge in [0.25, 0.3) is 0 Å². The quantitative estimate of drug-likeness (QED) is 0.167. The second kappa shape index (κ2) is 23.1. The van der Waals surface area contributed by atoms with E-state index in [1.807, 2.05) is 0 Å². The Morgan fingerprint density at radius 3 is 1.25 bits per heavy atom. The lowest BCUT2D eigenvalue weighted by Crippen LogP contribution is -3.00. The molecule has 0 amide bonds. The zero-order valence-electron chi connectivity index (χ0n) is 23.2. The van der Waals surface area contributed by atoms with Gasteiger partial charge in [-0.25, -0.2) is 18.3 Å². The van der Waals surface area contributed by atoms with Crippen LogP contribution in [0, 0.1) is 0 Å². The van der Waals surface area contributed by atoms with Crippen LogP contribution in [0.3, 0.4) is 0 Å². The molecular weight excluding hydrogens is 491 g/mol. The molecule has 0 bridgehead atoms. The molecule has 0 aliphatic carbocycles. The number of unbranched alkanes of at least 4 members (excludes halogenated alkanes) is 14. The summed E-state index contributed by atoms with van der Waals surface area (Å²) in [6.45, 7) is 7.98. The monoisotopic (exact) mass is 544 g/mol. The van der Waals surface area contributed by atoms with E-state index >= 15 is 0 Å². The molecule has 0 saturated carbocycles. The molecule has 36 heavy (non-hydrogen) atoms. The molecule has 7 heteroatoms. The normalized spacial score (nSPS) is 11.0. The molecule has 1 N–H and O–H groups in total. The summed E-state index contributed by atoms with van der Waals surface area (Å²) in [7, 11) is 0. The highest BCUT2D eigenvalue weighted by Gasteiger charge is 2.14. The van der Waals surface area contributed by atoms with Gasteiger partial charge in [0.2, 0.25) is 12.7 Å². The van der Waals surface area contributed by atoms with Gasteiger partial charge in [0.05, 0.1) is 13.1 Å². The number of aryl methyl sites for hydroxylation is 2. The first kappa shape index (κ1) is 35.0. The summed E-state index contributed by atoms with van der Waals surface area (Å²) in [5.74, 6) is 0. The Kier molecular flexibility index (Phi) is 22.4. The molecule has 2 aromatic heterocycles. The van der Waals surface area contributed by atoms with Gasteiger partial charge in [-0.2, -0.15) is 0 Å². The van der Waals surface area contributed by atoms with Crippen molar-refractivity contribution in [2.45, 2.75) is 149 Å². The highest BCUT2D eigenvalue weighted by atomic mass is 35.5. The van der Waals surface area contributed by atoms with Gasteiger partial charge in [-0.15, -0.1) is 0 Å². The van der Waals surface area contributed by atoms with Crippen LogP contribution < -0.4 is 33.9 Å². The predicted octanol–water partition coefficient (Wildman–Crippen LogP) is 0.215. The Hall–Kier alpha value is -1.04. The van der Waals surface area contributed by atoms with Crippen LogP contribution in [0.15, 0.2) is 37.4 Å². The zero-order chi connectivity index (χ0) is 24.3. The Labute approximate surface area is 234 Å². The van der Waals surface area contributed by atoms with E-state index < -0.39 is 0 Å². The molecule has 2 heterocycles. The molecule has 0 spiro atoms. The van der Waals surface area contributed by atoms with E-state index in [4.69, 9.17) is 0 Å². The van der Waals surface area contributed by atoms with Gasteiger partial charge in [-0.3, -0.25) is 0 Å². The van der Waals surface area contributed by atoms with E-state index in [1.165, 1.54) is 103 Å². The van der Waals surface area contributed by atoms with Gasteiger partial charge in [0.1, 0.15) is 44.0 Å². The number of imidazole rings is 2. The number of nitrogens with zero attached hydrogens (tertiary/aromatic N) is 4. The van der Waals surface area contributed by atoms with Crippen molar-refractivity contribution < 1.29 is 39.1 Å². The minimum atomic E-state index is -0.382. The van der Waals surface area contributed by atoms with Crippen LogP contribution in [-0.2, 0) is 26.2 Å². The molecule has 0 atom stereocenters. The number of rotatable bonds is 22. The smallest absolute Gasteiger partial charge is 0.243 e. The van der Waals surface area contributed by atoms with Crippen molar-refractivity contribution in [1.82, 2.24) is 9.13 Å². The number of halogens is 2. The number of aromatic nitrogens is 4. The molecule has 210 valence electrons. The van der Waals surface area contributed by atoms with E-state index in [0.717, 1.165) is 13.1 Å². The average molecular weight is 546 g/mol. The zero-order valence-corrected chi connectivity index (χ0v) is 24.7. The molecule has 0 aliphatic rings. The highest BCUT2D eigenvalue weighted by molar-refractivity contribution is 4.68. The van der Waals surface area contributed by atoms with E-state index in [9.17, 15) is 5.11 Å². The Morgan fingerprint density at radius 1 is 0.556 bits per heavy atom. The van der Waals surface area contributed by atoms with Crippen LogP contribution in [-0.4, -0.2) is 20.3 Å². The second-order valence-corrected chi connectivity index (χ2v) is 10.3. The summed E-state index contributed by atoms with van der Waals surface area (Å²) >= 11 is 0. The fourth-order valence-electron chi connectivity index (χ4n) is 4.76. The van der Waals surface area contributed by atoms with Crippen LogP contribution >= 0.6 is 0 Å². The number of aliphatic hydroxyl groups excluding tert-OH is 1. The molecule has 0 saturated heterocycles. The molecule has 0 radical (unpaired) electrons. The van der Waals surface area contributed by atoms with Crippen molar-refractivity contribution in [2.24, 2.45) is 0 Å². The lowest BCUT2D eigenvalue weighted by molar-refractivity contribution is -0.737. The summed E-state index contributed by atoms with van der Waals surface area (Å²) in [6.07, 6.45) is 34.0. The fourth-order valence-corrected chi connectivity index (χ4v) is 4.76. The van der Waals surface area contributed by atoms with E-state index in [1.54, 1.807) is 0 Å². The minimum absolute atomic E-state index is 0. The van der Waals surface area contributed by atoms with Crippen LogP contribution in [0.5, 0.6) is 0 Å². The molecule has 0 unspecified atom stereocenters. The van der Waals surface area contributed by atoms with Crippen molar-refractivity contribution in [1.29, 1.82) is 0 Å². The van der Waals surface area contributed by atoms with Gasteiger partial charge in [-0.05, 0) is 25.7 Å². The molecule has 5 nitrogen and oxygen atoms in total. The fraction of sp³-hybridized carbons (Fsp3) is 0.793. The summed E-state index contributed by atoms with van der Waals surface area (Å²) in [5, 5.41) is 10.6. The van der Waals surface area contributed by atoms with Crippen LogP contribution in [0.2, 0.25) is 0 Å². The van der Waals surface area contributed by atoms with Crippen molar-refractivity contribution >= 4 is 0 Å². The first-order valence-electron chi connectivity index (χ1n) is 14.5. The third-order valence-corrected chi connectivity index (χ3v) is 6.88. The molecule has 0 aliphatic heterocycles. The lowest BCUT2D eigenvalue weighted by Gasteiger charge is -2.05. The van der Waals surface area contributed by atoms with Crippen LogP contribution in [0.1, 0.15) is 117 Å². The number of hydrogen-bond acceptors (Lipinski definition) is 1. The third-order valence-electron chi connectivity index (χ3n) is 6.88. The number of hydrogen-bond donors (Lipinski definition) is 1. The Bertz CT molecular complexity index is 674. The van der Waals surface area contributed by atoms with Crippen molar-refractivity contribution in [3.8, 4) is 0 Å². The maximum atomic E-state index is 10.6. The maximum Gasteiger partial charge on any atom is 0.243 e. The van der Waals surface area contributed by atoms with Crippen molar-refractivity contribution in [3.63, 3.8) is 0 Å². The van der Waals surface area contributed by atoms with Gasteiger partial charge >= 0.3 is 0 Å². The first-order chi connectivity index (χ1) is 16.7. The number of aliphatic hydroxyl groups is 1. The molecule has 0 aromatic carbocycles. The second-order valence-electron chi connectivity index (χ2n) is 10.3. The van der Waals surface area contributed by atoms with Gasteiger partial charge in [-0.1, -0.05) is 90.9 Å². The summed E-state index contributed by atoms with van der Waals surface area (Å²) in [5.41, 5.74) is 0. The molecule has 0 fully saturated rings. The predicted molar refractivity (Wildman–Crippen MR) is 140 cm³/mol. The third kappa shape index (κ3) is 16.7. The maximum absolute atomic E-state index is 10.6. The SMILES string of the molecule is CCCCCCCCCCn1cc[n+](CC(O)C[n+]2ccn(CCCCCCCCCC)c2)c1.[Cl-].[Cl-]. The average Bonchev–Trinajstić information content (AvgIpc) is 3.46. The summed E-state index contributed by atoms with van der Waals surface area (Å²) in [4.78, 5) is 0. The molecule has 2 rings (SSSR count). The molecule has 2 aromatic rings. The van der Waals surface area contributed by atoms with E-state index in [0.29, 0.717) is 13.1 Å². The summed E-state index contributed by atoms with van der Waals surface area (Å²) < 4.78 is 8.76. The van der Waals surface area contributed by atoms with Crippen molar-refractivity contribution in [2.75, 3.05) is 0 Å². The standard InChI is InChI=1S/C29H54N4O.2ClH/c1-3-5-7-9-11-13-15-17-19-30-21-23-32(27-30)25-29(34)26-33-24-22-31(28-33)20-18-16-14-12-10-8-6-4-2;;/h21-24,27-29,34H,3-20,25-26H2,1-2H3;2*1H/q+2;;/p-2. The van der Waals surface area contributed by atoms with Crippen molar-refractivity contribution in [3.05, 3.63) is 37.4 Å². The van der Waals surface area contributed by atoms with Gasteiger partial charge < -0.3 is 29.9 Å². The largest absolute Gasteiger partial charge is 1.00 e. The Morgan fingerprint density at radius 2 is 0.889 bits per heavy atom. The lowest BCUT2D eigenvalue weighted by atomic mass is 10.1. The first-order valence-corrected chi connectivity index (χ1v) is 14.5. The topological polar surface area (TPSA) is 37.9 Å². The molecular formula is C29H54Cl2N4O. The van der Waals surface area contributed by atoms with Gasteiger partial charge in [0.15, 0.2) is 0 Å². The summed E-state index contributed by atoms with van der Waals surface area (Å²) in [6, 6.07) is 0. The Balaban J connectivity index is 0.00000612. The highest BCUT2D eigenvalue weighted by Crippen LogP contribution is 2.10. The minimum Gasteiger partial charge on any atom is -1.00 e. The van der Waals surface area contributed by atoms with Gasteiger partial charge in [0, 0.05) is 0 Å². The van der Waals surface area contributed by atoms with Crippen LogP contribution in [0.25, 0.3) is 0 Å². The van der Waals surface area contributed by atoms with Crippen LogP contribution in [0.4, 0.5) is 0 Å². The van der Waals surface area contributed by atoms with E-state index in [2.05, 4.69) is 69.6 Å². The van der Waals surface area contributed by atoms with E-state index in [-0.39, 0.29) is 30.9 Å².